The van der Waals surface area contributed by atoms with Crippen LogP contribution in [0.4, 0.5) is 5.69 Å². The van der Waals surface area contributed by atoms with Gasteiger partial charge in [0.1, 0.15) is 5.76 Å². The molecule has 1 N–H and O–H groups in total. The van der Waals surface area contributed by atoms with E-state index in [-0.39, 0.29) is 17.5 Å². The van der Waals surface area contributed by atoms with Crippen molar-refractivity contribution in [1.29, 1.82) is 0 Å². The maximum absolute atomic E-state index is 12.6. The van der Waals surface area contributed by atoms with Crippen LogP contribution in [0, 0.1) is 13.8 Å². The van der Waals surface area contributed by atoms with Crippen LogP contribution in [0.5, 0.6) is 0 Å². The lowest BCUT2D eigenvalue weighted by Gasteiger charge is -2.18. The standard InChI is InChI=1S/C17H19N3O3/c1-11-10-15(19-23-11)16(21)18-14-7-5-6-13(12(14)2)17(22)20-8-3-4-9-20/h5-7,10H,3-4,8-9H2,1-2H3,(H,18,21). The van der Waals surface area contributed by atoms with E-state index in [2.05, 4.69) is 10.5 Å². The molecule has 0 spiro atoms. The van der Waals surface area contributed by atoms with Gasteiger partial charge in [0.05, 0.1) is 0 Å². The third-order valence-electron chi connectivity index (χ3n) is 4.07. The number of carbonyl (C=O) groups excluding carboxylic acids is 2. The monoisotopic (exact) mass is 313 g/mol. The highest BCUT2D eigenvalue weighted by Gasteiger charge is 2.22. The molecule has 2 aromatic rings. The first-order valence-electron chi connectivity index (χ1n) is 7.70. The minimum absolute atomic E-state index is 0.0216. The van der Waals surface area contributed by atoms with E-state index >= 15 is 0 Å². The number of nitrogens with one attached hydrogen (secondary N) is 1. The van der Waals surface area contributed by atoms with Gasteiger partial charge in [0, 0.05) is 30.4 Å². The molecular weight excluding hydrogens is 294 g/mol. The lowest BCUT2D eigenvalue weighted by Crippen LogP contribution is -2.28. The molecule has 0 saturated carbocycles. The number of nitrogens with zero attached hydrogens (tertiary/aromatic N) is 2. The summed E-state index contributed by atoms with van der Waals surface area (Å²) in [5.41, 5.74) is 2.22. The predicted molar refractivity (Wildman–Crippen MR) is 85.5 cm³/mol. The summed E-state index contributed by atoms with van der Waals surface area (Å²) in [5, 5.41) is 6.49. The first kappa shape index (κ1) is 15.3. The number of aromatic nitrogens is 1. The highest BCUT2D eigenvalue weighted by atomic mass is 16.5. The fraction of sp³-hybridized carbons (Fsp3) is 0.353. The van der Waals surface area contributed by atoms with Crippen LogP contribution in [0.3, 0.4) is 0 Å². The van der Waals surface area contributed by atoms with Crippen molar-refractivity contribution in [2.45, 2.75) is 26.7 Å². The van der Waals surface area contributed by atoms with Crippen LogP contribution < -0.4 is 5.32 Å². The quantitative estimate of drug-likeness (QED) is 0.945. The molecular formula is C17H19N3O3. The van der Waals surface area contributed by atoms with Gasteiger partial charge in [-0.05, 0) is 44.4 Å². The zero-order chi connectivity index (χ0) is 16.4. The van der Waals surface area contributed by atoms with Gasteiger partial charge in [-0.25, -0.2) is 0 Å². The number of benzene rings is 1. The average Bonchev–Trinajstić information content (AvgIpc) is 3.20. The summed E-state index contributed by atoms with van der Waals surface area (Å²) in [6.07, 6.45) is 2.10. The molecule has 1 aromatic heterocycles. The third-order valence-corrected chi connectivity index (χ3v) is 4.07. The summed E-state index contributed by atoms with van der Waals surface area (Å²) < 4.78 is 4.91. The minimum atomic E-state index is -0.351. The number of aryl methyl sites for hydroxylation is 1. The van der Waals surface area contributed by atoms with Crippen molar-refractivity contribution >= 4 is 17.5 Å². The number of hydrogen-bond acceptors (Lipinski definition) is 4. The van der Waals surface area contributed by atoms with E-state index in [1.807, 2.05) is 11.8 Å². The normalized spacial score (nSPS) is 14.1. The summed E-state index contributed by atoms with van der Waals surface area (Å²) in [4.78, 5) is 26.6. The van der Waals surface area contributed by atoms with Gasteiger partial charge in [-0.15, -0.1) is 0 Å². The Kier molecular flexibility index (Phi) is 4.14. The Bertz CT molecular complexity index is 745. The first-order chi connectivity index (χ1) is 11.1. The Morgan fingerprint density at radius 3 is 2.61 bits per heavy atom. The van der Waals surface area contributed by atoms with Crippen molar-refractivity contribution in [2.24, 2.45) is 0 Å². The van der Waals surface area contributed by atoms with Crippen molar-refractivity contribution in [2.75, 3.05) is 18.4 Å². The average molecular weight is 313 g/mol. The summed E-state index contributed by atoms with van der Waals surface area (Å²) in [6.45, 7) is 5.16. The molecule has 1 fully saturated rings. The zero-order valence-corrected chi connectivity index (χ0v) is 13.3. The van der Waals surface area contributed by atoms with E-state index in [1.54, 1.807) is 31.2 Å². The molecule has 0 bridgehead atoms. The van der Waals surface area contributed by atoms with Gasteiger partial charge >= 0.3 is 0 Å². The summed E-state index contributed by atoms with van der Waals surface area (Å²) >= 11 is 0. The molecule has 0 atom stereocenters. The number of rotatable bonds is 3. The van der Waals surface area contributed by atoms with E-state index in [0.29, 0.717) is 17.0 Å². The Morgan fingerprint density at radius 1 is 1.22 bits per heavy atom. The Balaban J connectivity index is 1.82. The Hall–Kier alpha value is -2.63. The van der Waals surface area contributed by atoms with Crippen LogP contribution in [-0.2, 0) is 0 Å². The molecule has 2 heterocycles. The van der Waals surface area contributed by atoms with Gasteiger partial charge in [-0.1, -0.05) is 11.2 Å². The molecule has 6 nitrogen and oxygen atoms in total. The largest absolute Gasteiger partial charge is 0.361 e. The fourth-order valence-electron chi connectivity index (χ4n) is 2.75. The smallest absolute Gasteiger partial charge is 0.277 e. The molecule has 1 aliphatic rings. The van der Waals surface area contributed by atoms with Crippen molar-refractivity contribution in [3.63, 3.8) is 0 Å². The molecule has 0 unspecified atom stereocenters. The van der Waals surface area contributed by atoms with Gasteiger partial charge in [-0.2, -0.15) is 0 Å². The van der Waals surface area contributed by atoms with Gasteiger partial charge in [0.25, 0.3) is 11.8 Å². The molecule has 3 rings (SSSR count). The first-order valence-corrected chi connectivity index (χ1v) is 7.70. The van der Waals surface area contributed by atoms with E-state index < -0.39 is 0 Å². The fourth-order valence-corrected chi connectivity index (χ4v) is 2.75. The molecule has 120 valence electrons. The topological polar surface area (TPSA) is 75.4 Å². The van der Waals surface area contributed by atoms with Crippen LogP contribution >= 0.6 is 0 Å². The predicted octanol–water partition coefficient (Wildman–Crippen LogP) is 2.78. The molecule has 0 radical (unpaired) electrons. The van der Waals surface area contributed by atoms with Crippen molar-refractivity contribution in [1.82, 2.24) is 10.1 Å². The highest BCUT2D eigenvalue weighted by molar-refractivity contribution is 6.05. The maximum atomic E-state index is 12.6. The van der Waals surface area contributed by atoms with Crippen LogP contribution in [-0.4, -0.2) is 35.0 Å². The van der Waals surface area contributed by atoms with Gasteiger partial charge < -0.3 is 14.7 Å². The second-order valence-electron chi connectivity index (χ2n) is 5.75. The third kappa shape index (κ3) is 3.11. The molecule has 1 saturated heterocycles. The van der Waals surface area contributed by atoms with Crippen LogP contribution in [0.15, 0.2) is 28.8 Å². The second kappa shape index (κ2) is 6.24. The molecule has 0 aliphatic carbocycles. The van der Waals surface area contributed by atoms with Gasteiger partial charge in [0.2, 0.25) is 0 Å². The summed E-state index contributed by atoms with van der Waals surface area (Å²) in [7, 11) is 0. The summed E-state index contributed by atoms with van der Waals surface area (Å²) in [6, 6.07) is 6.93. The highest BCUT2D eigenvalue weighted by Crippen LogP contribution is 2.22. The maximum Gasteiger partial charge on any atom is 0.277 e. The summed E-state index contributed by atoms with van der Waals surface area (Å²) in [5.74, 6) is 0.244. The number of amides is 2. The van der Waals surface area contributed by atoms with Crippen molar-refractivity contribution in [3.05, 3.63) is 46.8 Å². The van der Waals surface area contributed by atoms with Gasteiger partial charge in [-0.3, -0.25) is 9.59 Å². The molecule has 1 aromatic carbocycles. The van der Waals surface area contributed by atoms with E-state index in [9.17, 15) is 9.59 Å². The molecule has 6 heteroatoms. The SMILES string of the molecule is Cc1cc(C(=O)Nc2cccc(C(=O)N3CCCC3)c2C)no1. The van der Waals surface area contributed by atoms with Crippen molar-refractivity contribution in [3.8, 4) is 0 Å². The van der Waals surface area contributed by atoms with E-state index in [4.69, 9.17) is 4.52 Å². The molecule has 23 heavy (non-hydrogen) atoms. The van der Waals surface area contributed by atoms with Crippen molar-refractivity contribution < 1.29 is 14.1 Å². The second-order valence-corrected chi connectivity index (χ2v) is 5.75. The number of carbonyl (C=O) groups is 2. The molecule has 1 aliphatic heterocycles. The van der Waals surface area contributed by atoms with Crippen LogP contribution in [0.1, 0.15) is 45.0 Å². The number of hydrogen-bond donors (Lipinski definition) is 1. The lowest BCUT2D eigenvalue weighted by molar-refractivity contribution is 0.0791. The Labute approximate surface area is 134 Å². The van der Waals surface area contributed by atoms with E-state index in [0.717, 1.165) is 31.5 Å². The molecule has 2 amide bonds. The zero-order valence-electron chi connectivity index (χ0n) is 13.3. The number of likely N-dealkylation sites (tertiary alicyclic amines) is 1. The minimum Gasteiger partial charge on any atom is -0.361 e. The van der Waals surface area contributed by atoms with Crippen LogP contribution in [0.2, 0.25) is 0 Å². The number of anilines is 1. The van der Waals surface area contributed by atoms with Gasteiger partial charge in [0.15, 0.2) is 5.69 Å². The van der Waals surface area contributed by atoms with E-state index in [1.165, 1.54) is 0 Å². The van der Waals surface area contributed by atoms with Crippen LogP contribution in [0.25, 0.3) is 0 Å². The Morgan fingerprint density at radius 2 is 1.96 bits per heavy atom. The lowest BCUT2D eigenvalue weighted by atomic mass is 10.1.